The molecule has 1 atom stereocenters. The van der Waals surface area contributed by atoms with Gasteiger partial charge in [0.05, 0.1) is 17.8 Å². The van der Waals surface area contributed by atoms with Gasteiger partial charge in [-0.2, -0.15) is 0 Å². The molecule has 1 saturated heterocycles. The third-order valence-electron chi connectivity index (χ3n) is 7.13. The molecule has 1 aliphatic heterocycles. The minimum Gasteiger partial charge on any atom is -0.485 e. The molecule has 2 aromatic heterocycles. The first-order valence-corrected chi connectivity index (χ1v) is 15.1. The predicted octanol–water partition coefficient (Wildman–Crippen LogP) is 7.49. The topological polar surface area (TPSA) is 56.6 Å². The zero-order valence-corrected chi connectivity index (χ0v) is 24.1. The van der Waals surface area contributed by atoms with Crippen molar-refractivity contribution in [3.63, 3.8) is 0 Å². The quantitative estimate of drug-likeness (QED) is 0.380. The van der Waals surface area contributed by atoms with Crippen LogP contribution in [0.1, 0.15) is 75.2 Å². The zero-order chi connectivity index (χ0) is 25.4. The molecule has 0 spiro atoms. The summed E-state index contributed by atoms with van der Waals surface area (Å²) in [4.78, 5) is 19.1. The van der Waals surface area contributed by atoms with E-state index < -0.39 is 13.8 Å². The van der Waals surface area contributed by atoms with Gasteiger partial charge in [0.15, 0.2) is 14.0 Å². The molecule has 0 bridgehead atoms. The molecule has 190 valence electrons. The maximum atomic E-state index is 12.5. The fourth-order valence-electron chi connectivity index (χ4n) is 5.97. The van der Waals surface area contributed by atoms with Gasteiger partial charge in [-0.3, -0.25) is 0 Å². The summed E-state index contributed by atoms with van der Waals surface area (Å²) in [6.45, 7) is 20.9. The Hall–Kier alpha value is -1.73. The maximum Gasteiger partial charge on any atom is 0.410 e. The van der Waals surface area contributed by atoms with E-state index in [0.29, 0.717) is 40.5 Å². The van der Waals surface area contributed by atoms with Gasteiger partial charge in [0, 0.05) is 11.9 Å². The van der Waals surface area contributed by atoms with Crippen LogP contribution in [0, 0.1) is 0 Å². The highest BCUT2D eigenvalue weighted by atomic mass is 35.5. The van der Waals surface area contributed by atoms with E-state index >= 15 is 0 Å². The van der Waals surface area contributed by atoms with E-state index in [1.807, 2.05) is 20.8 Å². The second-order valence-corrected chi connectivity index (χ2v) is 17.6. The van der Waals surface area contributed by atoms with Crippen molar-refractivity contribution in [2.75, 3.05) is 13.1 Å². The molecule has 8 heteroatoms. The van der Waals surface area contributed by atoms with Gasteiger partial charge in [-0.25, -0.2) is 9.78 Å². The van der Waals surface area contributed by atoms with Gasteiger partial charge in [0.2, 0.25) is 0 Å². The van der Waals surface area contributed by atoms with E-state index in [1.165, 1.54) is 0 Å². The van der Waals surface area contributed by atoms with Crippen molar-refractivity contribution in [2.24, 2.45) is 0 Å². The number of nitrogens with zero attached hydrogens (tertiary/aromatic N) is 3. The number of likely N-dealkylation sites (tertiary alicyclic amines) is 1. The van der Waals surface area contributed by atoms with Crippen LogP contribution in [0.5, 0.6) is 5.75 Å². The molecule has 0 radical (unpaired) electrons. The summed E-state index contributed by atoms with van der Waals surface area (Å²) in [5, 5.41) is 1.52. The second kappa shape index (κ2) is 10.1. The Morgan fingerprint density at radius 3 is 2.32 bits per heavy atom. The van der Waals surface area contributed by atoms with Crippen LogP contribution in [0.15, 0.2) is 18.5 Å². The first kappa shape index (κ1) is 26.9. The number of amides is 1. The van der Waals surface area contributed by atoms with Crippen LogP contribution in [0.3, 0.4) is 0 Å². The number of hydrogen-bond acceptors (Lipinski definition) is 4. The van der Waals surface area contributed by atoms with Gasteiger partial charge >= 0.3 is 6.09 Å². The second-order valence-electron chi connectivity index (χ2n) is 11.5. The van der Waals surface area contributed by atoms with Crippen molar-refractivity contribution < 1.29 is 14.3 Å². The van der Waals surface area contributed by atoms with Crippen molar-refractivity contribution in [2.45, 2.75) is 103 Å². The summed E-state index contributed by atoms with van der Waals surface area (Å²) in [6.07, 6.45) is 5.22. The van der Waals surface area contributed by atoms with Crippen molar-refractivity contribution in [3.05, 3.63) is 23.5 Å². The van der Waals surface area contributed by atoms with E-state index in [2.05, 4.69) is 58.0 Å². The lowest BCUT2D eigenvalue weighted by Crippen LogP contribution is -2.51. The summed E-state index contributed by atoms with van der Waals surface area (Å²) >= 11 is 6.88. The van der Waals surface area contributed by atoms with Crippen molar-refractivity contribution in [3.8, 4) is 5.75 Å². The molecule has 1 amide bonds. The molecular formula is C26H42ClN3O3Si. The van der Waals surface area contributed by atoms with E-state index in [-0.39, 0.29) is 12.2 Å². The number of carbonyl (C=O) groups is 1. The third-order valence-corrected chi connectivity index (χ3v) is 14.3. The molecule has 0 aliphatic carbocycles. The van der Waals surface area contributed by atoms with E-state index in [0.717, 1.165) is 23.9 Å². The Balaban J connectivity index is 1.88. The SMILES string of the molecule is CC(C)[Si](C(C)C)(C(C)C)n1ccc2c(Cl)c(OC3CCCN(C(=O)OC(C)(C)C)C3)cnc21. The van der Waals surface area contributed by atoms with Crippen LogP contribution >= 0.6 is 11.6 Å². The maximum absolute atomic E-state index is 12.5. The van der Waals surface area contributed by atoms with Crippen LogP contribution < -0.4 is 4.74 Å². The number of carbonyl (C=O) groups excluding carboxylic acids is 1. The van der Waals surface area contributed by atoms with Crippen molar-refractivity contribution in [1.29, 1.82) is 0 Å². The van der Waals surface area contributed by atoms with Crippen molar-refractivity contribution >= 4 is 37.0 Å². The first-order valence-electron chi connectivity index (χ1n) is 12.6. The van der Waals surface area contributed by atoms with Gasteiger partial charge < -0.3 is 18.6 Å². The lowest BCUT2D eigenvalue weighted by atomic mass is 10.1. The standard InChI is InChI=1S/C26H42ClN3O3Si/c1-17(2)34(18(3)4,19(5)6)30-14-12-21-23(27)22(15-28-24(21)30)32-20-11-10-13-29(16-20)25(31)33-26(7,8)9/h12,14-15,17-20H,10-11,13,16H2,1-9H3. The number of aromatic nitrogens is 2. The first-order chi connectivity index (χ1) is 15.8. The van der Waals surface area contributed by atoms with Gasteiger partial charge in [-0.15, -0.1) is 0 Å². The van der Waals surface area contributed by atoms with Gasteiger partial charge in [0.25, 0.3) is 0 Å². The van der Waals surface area contributed by atoms with Crippen molar-refractivity contribution in [1.82, 2.24) is 14.1 Å². The number of rotatable bonds is 6. The molecule has 3 heterocycles. The molecule has 0 N–H and O–H groups in total. The lowest BCUT2D eigenvalue weighted by molar-refractivity contribution is 0.00775. The van der Waals surface area contributed by atoms with E-state index in [4.69, 9.17) is 26.1 Å². The minimum atomic E-state index is -1.94. The number of fused-ring (bicyclic) bond motifs is 1. The molecule has 2 aromatic rings. The Morgan fingerprint density at radius 1 is 1.15 bits per heavy atom. The van der Waals surface area contributed by atoms with E-state index in [1.54, 1.807) is 11.1 Å². The largest absolute Gasteiger partial charge is 0.485 e. The summed E-state index contributed by atoms with van der Waals surface area (Å²) in [6, 6.07) is 2.08. The predicted molar refractivity (Wildman–Crippen MR) is 143 cm³/mol. The smallest absolute Gasteiger partial charge is 0.410 e. The van der Waals surface area contributed by atoms with Gasteiger partial charge in [-0.1, -0.05) is 53.1 Å². The molecule has 0 saturated carbocycles. The summed E-state index contributed by atoms with van der Waals surface area (Å²) in [7, 11) is -1.94. The molecule has 3 rings (SSSR count). The average Bonchev–Trinajstić information content (AvgIpc) is 3.14. The summed E-state index contributed by atoms with van der Waals surface area (Å²) < 4.78 is 14.3. The zero-order valence-electron chi connectivity index (χ0n) is 22.3. The molecule has 1 fully saturated rings. The Morgan fingerprint density at radius 2 is 1.76 bits per heavy atom. The molecule has 34 heavy (non-hydrogen) atoms. The fourth-order valence-corrected chi connectivity index (χ4v) is 12.8. The Kier molecular flexibility index (Phi) is 7.98. The van der Waals surface area contributed by atoms with Crippen LogP contribution in [0.2, 0.25) is 21.6 Å². The van der Waals surface area contributed by atoms with Crippen LogP contribution in [-0.4, -0.2) is 53.2 Å². The third kappa shape index (κ3) is 5.10. The fraction of sp³-hybridized carbons (Fsp3) is 0.692. The molecule has 6 nitrogen and oxygen atoms in total. The Bertz CT molecular complexity index is 991. The summed E-state index contributed by atoms with van der Waals surface area (Å²) in [5.74, 6) is 0.578. The number of ether oxygens (including phenoxy) is 2. The van der Waals surface area contributed by atoms with Crippen LogP contribution in [-0.2, 0) is 4.74 Å². The van der Waals surface area contributed by atoms with Gasteiger partial charge in [0.1, 0.15) is 17.4 Å². The van der Waals surface area contributed by atoms with Crippen LogP contribution in [0.4, 0.5) is 4.79 Å². The minimum absolute atomic E-state index is 0.143. The average molecular weight is 508 g/mol. The highest BCUT2D eigenvalue weighted by molar-refractivity contribution is 6.82. The monoisotopic (exact) mass is 507 g/mol. The molecule has 0 aromatic carbocycles. The van der Waals surface area contributed by atoms with Gasteiger partial charge in [-0.05, 0) is 62.5 Å². The number of hydrogen-bond donors (Lipinski definition) is 0. The molecular weight excluding hydrogens is 466 g/mol. The lowest BCUT2D eigenvalue weighted by Gasteiger charge is -2.44. The normalized spacial score (nSPS) is 17.8. The summed E-state index contributed by atoms with van der Waals surface area (Å²) in [5.41, 5.74) is 2.10. The number of pyridine rings is 1. The Labute approximate surface area is 211 Å². The molecule has 1 aliphatic rings. The number of halogens is 1. The highest BCUT2D eigenvalue weighted by Crippen LogP contribution is 2.45. The number of piperidine rings is 1. The van der Waals surface area contributed by atoms with E-state index in [9.17, 15) is 4.79 Å². The molecule has 1 unspecified atom stereocenters. The highest BCUT2D eigenvalue weighted by Gasteiger charge is 2.46. The van der Waals surface area contributed by atoms with Crippen LogP contribution in [0.25, 0.3) is 11.0 Å².